The number of carbonyl (C=O) groups is 1. The Balaban J connectivity index is 1.39. The molecule has 1 fully saturated rings. The van der Waals surface area contributed by atoms with Crippen LogP contribution < -0.4 is 5.56 Å². The number of para-hydroxylation sites is 1. The lowest BCUT2D eigenvalue weighted by Crippen LogP contribution is -2.49. The van der Waals surface area contributed by atoms with E-state index in [0.717, 1.165) is 32.2 Å². The maximum atomic E-state index is 13.0. The van der Waals surface area contributed by atoms with E-state index in [-0.39, 0.29) is 23.4 Å². The number of likely N-dealkylation sites (tertiary alicyclic amines) is 1. The number of hydrogen-bond acceptors (Lipinski definition) is 4. The predicted molar refractivity (Wildman–Crippen MR) is 100 cm³/mol. The molecule has 2 aliphatic rings. The first-order valence-corrected chi connectivity index (χ1v) is 9.41. The maximum absolute atomic E-state index is 13.0. The highest BCUT2D eigenvalue weighted by molar-refractivity contribution is 5.79. The molecule has 7 nitrogen and oxygen atoms in total. The smallest absolute Gasteiger partial charge is 0.261 e. The summed E-state index contributed by atoms with van der Waals surface area (Å²) >= 11 is 0. The van der Waals surface area contributed by atoms with Gasteiger partial charge >= 0.3 is 0 Å². The molecule has 1 aliphatic carbocycles. The number of nitrogens with zero attached hydrogens (tertiary/aromatic N) is 4. The van der Waals surface area contributed by atoms with Gasteiger partial charge in [0.25, 0.3) is 5.56 Å². The molecule has 1 spiro atoms. The number of amides is 1. The molecule has 2 aromatic heterocycles. The fourth-order valence-electron chi connectivity index (χ4n) is 4.68. The largest absolute Gasteiger partial charge is 0.340 e. The lowest BCUT2D eigenvalue weighted by atomic mass is 9.77. The summed E-state index contributed by atoms with van der Waals surface area (Å²) in [5.74, 6) is -0.0266. The Kier molecular flexibility index (Phi) is 3.63. The number of hydrogen-bond donors (Lipinski definition) is 1. The van der Waals surface area contributed by atoms with Crippen molar-refractivity contribution in [1.29, 1.82) is 0 Å². The molecule has 1 unspecified atom stereocenters. The number of benzene rings is 1. The average Bonchev–Trinajstić information content (AvgIpc) is 3.29. The van der Waals surface area contributed by atoms with Crippen molar-refractivity contribution >= 4 is 16.8 Å². The fraction of sp³-hybridized carbons (Fsp3) is 0.400. The second-order valence-electron chi connectivity index (χ2n) is 7.66. The molecule has 1 N–H and O–H groups in total. The first-order valence-electron chi connectivity index (χ1n) is 9.41. The van der Waals surface area contributed by atoms with Crippen LogP contribution in [0, 0.1) is 0 Å². The van der Waals surface area contributed by atoms with Crippen LogP contribution in [0.4, 0.5) is 0 Å². The molecule has 1 atom stereocenters. The van der Waals surface area contributed by atoms with Gasteiger partial charge in [-0.15, -0.1) is 0 Å². The minimum atomic E-state index is -0.169. The number of aromatic amines is 1. The summed E-state index contributed by atoms with van der Waals surface area (Å²) in [4.78, 5) is 31.8. The van der Waals surface area contributed by atoms with Crippen molar-refractivity contribution in [2.24, 2.45) is 0 Å². The first kappa shape index (κ1) is 16.2. The van der Waals surface area contributed by atoms with Gasteiger partial charge in [0.05, 0.1) is 23.4 Å². The summed E-state index contributed by atoms with van der Waals surface area (Å²) in [6.45, 7) is 1.46. The summed E-state index contributed by atoms with van der Waals surface area (Å²) in [7, 11) is 0. The van der Waals surface area contributed by atoms with E-state index in [4.69, 9.17) is 0 Å². The summed E-state index contributed by atoms with van der Waals surface area (Å²) in [5, 5.41) is 7.90. The summed E-state index contributed by atoms with van der Waals surface area (Å²) in [6, 6.07) is 7.22. The fourth-order valence-corrected chi connectivity index (χ4v) is 4.68. The monoisotopic (exact) mass is 363 g/mol. The van der Waals surface area contributed by atoms with Gasteiger partial charge in [-0.3, -0.25) is 19.3 Å². The SMILES string of the molecule is O=C(Cn1cnc2ccccc2c1=O)N1CCCC2(CCc3cn[nH]c32)C1. The van der Waals surface area contributed by atoms with E-state index in [1.165, 1.54) is 22.2 Å². The summed E-state index contributed by atoms with van der Waals surface area (Å²) in [6.07, 6.45) is 7.49. The Morgan fingerprint density at radius 1 is 1.26 bits per heavy atom. The van der Waals surface area contributed by atoms with Gasteiger partial charge < -0.3 is 4.90 Å². The van der Waals surface area contributed by atoms with Crippen LogP contribution in [0.5, 0.6) is 0 Å². The van der Waals surface area contributed by atoms with Crippen molar-refractivity contribution in [2.75, 3.05) is 13.1 Å². The summed E-state index contributed by atoms with van der Waals surface area (Å²) in [5.41, 5.74) is 2.95. The van der Waals surface area contributed by atoms with Crippen LogP contribution in [0.15, 0.2) is 41.6 Å². The topological polar surface area (TPSA) is 83.9 Å². The molecule has 7 heteroatoms. The van der Waals surface area contributed by atoms with Crippen LogP contribution in [0.3, 0.4) is 0 Å². The molecule has 0 saturated carbocycles. The number of nitrogens with one attached hydrogen (secondary N) is 1. The number of H-pyrrole nitrogens is 1. The van der Waals surface area contributed by atoms with Crippen LogP contribution in [-0.4, -0.2) is 43.6 Å². The quantitative estimate of drug-likeness (QED) is 0.750. The van der Waals surface area contributed by atoms with Crippen molar-refractivity contribution in [3.63, 3.8) is 0 Å². The third-order valence-corrected chi connectivity index (χ3v) is 6.09. The second-order valence-corrected chi connectivity index (χ2v) is 7.66. The third-order valence-electron chi connectivity index (χ3n) is 6.09. The zero-order valence-corrected chi connectivity index (χ0v) is 15.0. The number of aryl methyl sites for hydroxylation is 1. The third kappa shape index (κ3) is 2.57. The van der Waals surface area contributed by atoms with Gasteiger partial charge in [-0.1, -0.05) is 12.1 Å². The molecule has 27 heavy (non-hydrogen) atoms. The summed E-state index contributed by atoms with van der Waals surface area (Å²) < 4.78 is 1.42. The van der Waals surface area contributed by atoms with Crippen LogP contribution in [-0.2, 0) is 23.2 Å². The van der Waals surface area contributed by atoms with Gasteiger partial charge in [0.15, 0.2) is 0 Å². The number of rotatable bonds is 2. The van der Waals surface area contributed by atoms with Gasteiger partial charge in [-0.25, -0.2) is 4.98 Å². The minimum Gasteiger partial charge on any atom is -0.340 e. The zero-order valence-electron chi connectivity index (χ0n) is 15.0. The van der Waals surface area contributed by atoms with Gasteiger partial charge in [-0.2, -0.15) is 5.10 Å². The van der Waals surface area contributed by atoms with Gasteiger partial charge in [0.2, 0.25) is 5.91 Å². The molecule has 1 saturated heterocycles. The van der Waals surface area contributed by atoms with E-state index in [9.17, 15) is 9.59 Å². The van der Waals surface area contributed by atoms with Gasteiger partial charge in [0, 0.05) is 24.2 Å². The number of carbonyl (C=O) groups excluding carboxylic acids is 1. The van der Waals surface area contributed by atoms with Crippen molar-refractivity contribution in [3.8, 4) is 0 Å². The number of fused-ring (bicyclic) bond motifs is 3. The minimum absolute atomic E-state index is 0.00760. The highest BCUT2D eigenvalue weighted by Gasteiger charge is 2.44. The predicted octanol–water partition coefficient (Wildman–Crippen LogP) is 1.63. The Morgan fingerprint density at radius 3 is 3.07 bits per heavy atom. The Labute approximate surface area is 156 Å². The standard InChI is InChI=1S/C20H21N5O2/c26-17(11-25-13-21-16-5-2-1-4-15(16)19(25)27)24-9-3-7-20(12-24)8-6-14-10-22-23-18(14)20/h1-2,4-5,10,13H,3,6-9,11-12H2,(H,22,23). The molecular formula is C20H21N5O2. The van der Waals surface area contributed by atoms with E-state index in [2.05, 4.69) is 15.2 Å². The molecule has 5 rings (SSSR count). The number of piperidine rings is 1. The molecule has 0 radical (unpaired) electrons. The lowest BCUT2D eigenvalue weighted by Gasteiger charge is -2.40. The van der Waals surface area contributed by atoms with Gasteiger partial charge in [-0.05, 0) is 43.4 Å². The van der Waals surface area contributed by atoms with Crippen LogP contribution in [0.1, 0.15) is 30.5 Å². The van der Waals surface area contributed by atoms with Crippen LogP contribution in [0.2, 0.25) is 0 Å². The van der Waals surface area contributed by atoms with E-state index in [1.807, 2.05) is 23.2 Å². The number of aromatic nitrogens is 4. The highest BCUT2D eigenvalue weighted by atomic mass is 16.2. The van der Waals surface area contributed by atoms with E-state index in [0.29, 0.717) is 17.4 Å². The Hall–Kier alpha value is -2.96. The van der Waals surface area contributed by atoms with Crippen LogP contribution in [0.25, 0.3) is 10.9 Å². The van der Waals surface area contributed by atoms with Crippen molar-refractivity contribution < 1.29 is 4.79 Å². The molecule has 1 amide bonds. The molecular weight excluding hydrogens is 342 g/mol. The normalized spacial score (nSPS) is 21.7. The molecule has 1 aromatic carbocycles. The Morgan fingerprint density at radius 2 is 2.15 bits per heavy atom. The molecule has 3 aromatic rings. The molecule has 1 aliphatic heterocycles. The van der Waals surface area contributed by atoms with Crippen LogP contribution >= 0.6 is 0 Å². The lowest BCUT2D eigenvalue weighted by molar-refractivity contribution is -0.134. The van der Waals surface area contributed by atoms with E-state index in [1.54, 1.807) is 12.1 Å². The molecule has 0 bridgehead atoms. The van der Waals surface area contributed by atoms with Crippen molar-refractivity contribution in [2.45, 2.75) is 37.6 Å². The zero-order chi connectivity index (χ0) is 18.4. The second kappa shape index (κ2) is 6.04. The van der Waals surface area contributed by atoms with Crippen molar-refractivity contribution in [3.05, 3.63) is 58.4 Å². The highest BCUT2D eigenvalue weighted by Crippen LogP contribution is 2.43. The van der Waals surface area contributed by atoms with E-state index >= 15 is 0 Å². The molecule has 3 heterocycles. The Bertz CT molecular complexity index is 1090. The average molecular weight is 363 g/mol. The van der Waals surface area contributed by atoms with Crippen molar-refractivity contribution in [1.82, 2.24) is 24.6 Å². The first-order chi connectivity index (χ1) is 13.2. The maximum Gasteiger partial charge on any atom is 0.261 e. The molecule has 138 valence electrons. The van der Waals surface area contributed by atoms with E-state index < -0.39 is 0 Å². The van der Waals surface area contributed by atoms with Gasteiger partial charge in [0.1, 0.15) is 6.54 Å².